The zero-order chi connectivity index (χ0) is 23.6. The molecule has 0 radical (unpaired) electrons. The molecule has 9 heteroatoms. The second-order valence-electron chi connectivity index (χ2n) is 8.31. The molecule has 0 saturated carbocycles. The Hall–Kier alpha value is -3.36. The number of halogens is 3. The van der Waals surface area contributed by atoms with Gasteiger partial charge in [-0.05, 0) is 51.0 Å². The largest absolute Gasteiger partial charge is 0.417 e. The molecule has 0 spiro atoms. The molecule has 33 heavy (non-hydrogen) atoms. The van der Waals surface area contributed by atoms with Crippen molar-refractivity contribution in [3.05, 3.63) is 71.2 Å². The van der Waals surface area contributed by atoms with E-state index in [0.717, 1.165) is 34.9 Å². The highest BCUT2D eigenvalue weighted by Gasteiger charge is 2.31. The quantitative estimate of drug-likeness (QED) is 0.623. The van der Waals surface area contributed by atoms with Crippen molar-refractivity contribution in [3.8, 4) is 5.69 Å². The fourth-order valence-corrected chi connectivity index (χ4v) is 4.18. The molecule has 0 unspecified atom stereocenters. The molecule has 1 aliphatic heterocycles. The predicted molar refractivity (Wildman–Crippen MR) is 119 cm³/mol. The average molecular weight is 458 g/mol. The van der Waals surface area contributed by atoms with Crippen LogP contribution in [0.15, 0.2) is 48.7 Å². The minimum Gasteiger partial charge on any atom is -0.356 e. The Labute approximate surface area is 190 Å². The van der Waals surface area contributed by atoms with Gasteiger partial charge in [-0.25, -0.2) is 9.67 Å². The first-order valence-corrected chi connectivity index (χ1v) is 10.9. The van der Waals surface area contributed by atoms with Crippen molar-refractivity contribution < 1.29 is 18.0 Å². The molecule has 0 bridgehead atoms. The molecule has 4 rings (SSSR count). The van der Waals surface area contributed by atoms with Gasteiger partial charge in [0, 0.05) is 36.6 Å². The van der Waals surface area contributed by atoms with Gasteiger partial charge in [-0.2, -0.15) is 18.3 Å². The van der Waals surface area contributed by atoms with E-state index in [9.17, 15) is 18.0 Å². The summed E-state index contributed by atoms with van der Waals surface area (Å²) in [6.45, 7) is 5.11. The lowest BCUT2D eigenvalue weighted by Gasteiger charge is -2.33. The maximum Gasteiger partial charge on any atom is 0.417 e. The maximum atomic E-state index is 12.7. The summed E-state index contributed by atoms with van der Waals surface area (Å²) in [5, 5.41) is 7.70. The molecule has 3 aromatic rings. The number of piperidine rings is 1. The highest BCUT2D eigenvalue weighted by molar-refractivity contribution is 5.79. The number of pyridine rings is 1. The van der Waals surface area contributed by atoms with Crippen molar-refractivity contribution >= 4 is 11.7 Å². The summed E-state index contributed by atoms with van der Waals surface area (Å²) in [5.74, 6) is 0.465. The number of rotatable bonds is 5. The number of carbonyl (C=O) groups is 1. The highest BCUT2D eigenvalue weighted by atomic mass is 19.4. The van der Waals surface area contributed by atoms with E-state index in [-0.39, 0.29) is 18.4 Å². The van der Waals surface area contributed by atoms with Crippen LogP contribution >= 0.6 is 0 Å². The number of aromatic nitrogens is 3. The van der Waals surface area contributed by atoms with E-state index in [1.807, 2.05) is 53.8 Å². The smallest absolute Gasteiger partial charge is 0.356 e. The lowest BCUT2D eigenvalue weighted by Crippen LogP contribution is -2.45. The zero-order valence-corrected chi connectivity index (χ0v) is 18.6. The topological polar surface area (TPSA) is 63.1 Å². The third-order valence-electron chi connectivity index (χ3n) is 6.04. The number of para-hydroxylation sites is 1. The molecular formula is C24H26F3N5O. The Morgan fingerprint density at radius 2 is 1.79 bits per heavy atom. The zero-order valence-electron chi connectivity index (χ0n) is 18.6. The summed E-state index contributed by atoms with van der Waals surface area (Å²) in [5.41, 5.74) is 2.89. The molecule has 1 N–H and O–H groups in total. The summed E-state index contributed by atoms with van der Waals surface area (Å²) in [7, 11) is 0. The van der Waals surface area contributed by atoms with Crippen molar-refractivity contribution in [2.24, 2.45) is 0 Å². The van der Waals surface area contributed by atoms with Gasteiger partial charge in [0.1, 0.15) is 5.82 Å². The van der Waals surface area contributed by atoms with E-state index in [1.165, 1.54) is 6.07 Å². The van der Waals surface area contributed by atoms with E-state index in [4.69, 9.17) is 0 Å². The second-order valence-corrected chi connectivity index (χ2v) is 8.31. The first-order valence-electron chi connectivity index (χ1n) is 10.9. The molecule has 3 heterocycles. The van der Waals surface area contributed by atoms with Crippen molar-refractivity contribution in [1.29, 1.82) is 0 Å². The van der Waals surface area contributed by atoms with Crippen LogP contribution in [-0.2, 0) is 17.4 Å². The monoisotopic (exact) mass is 457 g/mol. The fraction of sp³-hybridized carbons (Fsp3) is 0.375. The van der Waals surface area contributed by atoms with Gasteiger partial charge in [0.2, 0.25) is 5.91 Å². The third-order valence-corrected chi connectivity index (χ3v) is 6.04. The molecule has 0 atom stereocenters. The van der Waals surface area contributed by atoms with Crippen LogP contribution in [0, 0.1) is 13.8 Å². The molecule has 174 valence electrons. The molecule has 1 aromatic carbocycles. The van der Waals surface area contributed by atoms with Crippen LogP contribution in [0.1, 0.15) is 35.4 Å². The number of hydrogen-bond acceptors (Lipinski definition) is 4. The number of benzene rings is 1. The summed E-state index contributed by atoms with van der Waals surface area (Å²) in [4.78, 5) is 18.6. The molecule has 1 amide bonds. The number of carbonyl (C=O) groups excluding carboxylic acids is 1. The summed E-state index contributed by atoms with van der Waals surface area (Å²) in [6, 6.07) is 12.3. The van der Waals surface area contributed by atoms with E-state index in [0.29, 0.717) is 31.7 Å². The van der Waals surface area contributed by atoms with E-state index in [2.05, 4.69) is 15.4 Å². The van der Waals surface area contributed by atoms with Gasteiger partial charge >= 0.3 is 6.18 Å². The van der Waals surface area contributed by atoms with Crippen molar-refractivity contribution in [2.45, 2.75) is 45.3 Å². The van der Waals surface area contributed by atoms with Crippen LogP contribution in [0.25, 0.3) is 5.69 Å². The Kier molecular flexibility index (Phi) is 6.40. The number of nitrogens with one attached hydrogen (secondary N) is 1. The summed E-state index contributed by atoms with van der Waals surface area (Å²) in [6.07, 6.45) is -1.86. The number of amides is 1. The molecule has 1 fully saturated rings. The van der Waals surface area contributed by atoms with Crippen LogP contribution < -0.4 is 10.2 Å². The van der Waals surface area contributed by atoms with Gasteiger partial charge in [0.25, 0.3) is 0 Å². The van der Waals surface area contributed by atoms with E-state index < -0.39 is 11.7 Å². The van der Waals surface area contributed by atoms with Crippen LogP contribution in [-0.4, -0.2) is 39.8 Å². The number of alkyl halides is 3. The molecular weight excluding hydrogens is 431 g/mol. The summed E-state index contributed by atoms with van der Waals surface area (Å²) < 4.78 is 40.0. The van der Waals surface area contributed by atoms with Crippen molar-refractivity contribution in [1.82, 2.24) is 20.1 Å². The minimum atomic E-state index is -4.39. The first-order chi connectivity index (χ1) is 15.7. The molecule has 6 nitrogen and oxygen atoms in total. The lowest BCUT2D eigenvalue weighted by molar-refractivity contribution is -0.137. The van der Waals surface area contributed by atoms with Gasteiger partial charge < -0.3 is 10.2 Å². The van der Waals surface area contributed by atoms with Gasteiger partial charge in [-0.15, -0.1) is 0 Å². The van der Waals surface area contributed by atoms with Gasteiger partial charge in [-0.3, -0.25) is 4.79 Å². The van der Waals surface area contributed by atoms with Gasteiger partial charge in [0.15, 0.2) is 0 Å². The van der Waals surface area contributed by atoms with Gasteiger partial charge in [-0.1, -0.05) is 18.2 Å². The lowest BCUT2D eigenvalue weighted by atomic mass is 10.0. The number of hydrogen-bond donors (Lipinski definition) is 1. The standard InChI is InChI=1S/C24H26F3N5O/c1-16-21(17(2)32(30-16)20-6-4-3-5-7-20)14-23(33)29-19-10-12-31(13-11-19)22-9-8-18(15-28-22)24(25,26)27/h3-9,15,19H,10-14H2,1-2H3,(H,29,33). The third kappa shape index (κ3) is 5.18. The Balaban J connectivity index is 1.32. The Morgan fingerprint density at radius 1 is 1.09 bits per heavy atom. The van der Waals surface area contributed by atoms with E-state index in [1.54, 1.807) is 0 Å². The Morgan fingerprint density at radius 3 is 2.39 bits per heavy atom. The summed E-state index contributed by atoms with van der Waals surface area (Å²) >= 11 is 0. The normalized spacial score (nSPS) is 15.0. The van der Waals surface area contributed by atoms with Crippen LogP contribution in [0.3, 0.4) is 0 Å². The van der Waals surface area contributed by atoms with Crippen LogP contribution in [0.4, 0.5) is 19.0 Å². The minimum absolute atomic E-state index is 0.0213. The highest BCUT2D eigenvalue weighted by Crippen LogP contribution is 2.30. The molecule has 0 aliphatic carbocycles. The number of nitrogens with zero attached hydrogens (tertiary/aromatic N) is 4. The van der Waals surface area contributed by atoms with Crippen molar-refractivity contribution in [3.63, 3.8) is 0 Å². The molecule has 1 saturated heterocycles. The fourth-order valence-electron chi connectivity index (χ4n) is 4.18. The molecule has 1 aliphatic rings. The molecule has 2 aromatic heterocycles. The maximum absolute atomic E-state index is 12.7. The first kappa shape index (κ1) is 22.8. The van der Waals surface area contributed by atoms with Crippen LogP contribution in [0.5, 0.6) is 0 Å². The van der Waals surface area contributed by atoms with E-state index >= 15 is 0 Å². The van der Waals surface area contributed by atoms with Crippen LogP contribution in [0.2, 0.25) is 0 Å². The Bertz CT molecular complexity index is 1100. The predicted octanol–water partition coefficient (Wildman–Crippen LogP) is 4.23. The number of anilines is 1. The SMILES string of the molecule is Cc1nn(-c2ccccc2)c(C)c1CC(=O)NC1CCN(c2ccc(C(F)(F)F)cn2)CC1. The van der Waals surface area contributed by atoms with Gasteiger partial charge in [0.05, 0.1) is 23.4 Å². The van der Waals surface area contributed by atoms with Crippen molar-refractivity contribution in [2.75, 3.05) is 18.0 Å². The number of aryl methyl sites for hydroxylation is 1. The second kappa shape index (κ2) is 9.25. The average Bonchev–Trinajstić information content (AvgIpc) is 3.08.